The molecule has 0 spiro atoms. The molecule has 1 heterocycles. The van der Waals surface area contributed by atoms with Gasteiger partial charge in [-0.2, -0.15) is 9.37 Å². The van der Waals surface area contributed by atoms with E-state index in [1.165, 1.54) is 0 Å². The average Bonchev–Trinajstić information content (AvgIpc) is 3.29. The molecule has 7 heteroatoms. The summed E-state index contributed by atoms with van der Waals surface area (Å²) in [4.78, 5) is 5.64. The van der Waals surface area contributed by atoms with Crippen LogP contribution in [-0.2, 0) is 14.9 Å². The van der Waals surface area contributed by atoms with Crippen LogP contribution in [0, 0.1) is 0 Å². The van der Waals surface area contributed by atoms with Gasteiger partial charge in [0.25, 0.3) is 0 Å². The Morgan fingerprint density at radius 2 is 1.96 bits per heavy atom. The number of hydrogen-bond acceptors (Lipinski definition) is 5. The third-order valence-corrected chi connectivity index (χ3v) is 7.65. The first-order chi connectivity index (χ1) is 12.5. The minimum Gasteiger partial charge on any atom is -0.497 e. The van der Waals surface area contributed by atoms with E-state index in [4.69, 9.17) is 9.57 Å². The van der Waals surface area contributed by atoms with E-state index in [0.29, 0.717) is 6.54 Å². The lowest BCUT2D eigenvalue weighted by Crippen LogP contribution is -2.46. The van der Waals surface area contributed by atoms with Crippen molar-refractivity contribution in [2.45, 2.75) is 43.0 Å². The molecule has 6 nitrogen and oxygen atoms in total. The van der Waals surface area contributed by atoms with Gasteiger partial charge in [0, 0.05) is 19.6 Å². The van der Waals surface area contributed by atoms with Crippen molar-refractivity contribution in [3.8, 4) is 5.75 Å². The zero-order valence-corrected chi connectivity index (χ0v) is 16.3. The second kappa shape index (κ2) is 8.08. The van der Waals surface area contributed by atoms with Gasteiger partial charge in [0.15, 0.2) is 0 Å². The molecule has 144 valence electrons. The Balaban J connectivity index is 1.91. The van der Waals surface area contributed by atoms with E-state index in [1.54, 1.807) is 29.6 Å². The molecule has 1 aromatic carbocycles. The lowest BCUT2D eigenvalue weighted by molar-refractivity contribution is -0.110. The predicted molar refractivity (Wildman–Crippen MR) is 101 cm³/mol. The largest absolute Gasteiger partial charge is 0.497 e. The fourth-order valence-corrected chi connectivity index (χ4v) is 6.20. The fraction of sp³-hybridized carbons (Fsp3) is 0.579. The van der Waals surface area contributed by atoms with Crippen LogP contribution in [0.3, 0.4) is 0 Å². The van der Waals surface area contributed by atoms with Crippen molar-refractivity contribution in [3.63, 3.8) is 0 Å². The monoisotopic (exact) mass is 380 g/mol. The number of nitrogens with zero attached hydrogens (tertiary/aromatic N) is 2. The van der Waals surface area contributed by atoms with Gasteiger partial charge in [-0.3, -0.25) is 4.84 Å². The minimum atomic E-state index is -3.53. The molecule has 1 aliphatic heterocycles. The Hall–Kier alpha value is -1.41. The van der Waals surface area contributed by atoms with Crippen molar-refractivity contribution in [1.29, 1.82) is 0 Å². The average molecular weight is 381 g/mol. The van der Waals surface area contributed by atoms with E-state index in [0.717, 1.165) is 37.0 Å². The van der Waals surface area contributed by atoms with Gasteiger partial charge in [-0.15, -0.1) is 6.58 Å². The number of hydrogen-bond donors (Lipinski definition) is 0. The normalized spacial score (nSPS) is 25.0. The van der Waals surface area contributed by atoms with Crippen molar-refractivity contribution >= 4 is 10.0 Å². The molecule has 0 radical (unpaired) electrons. The van der Waals surface area contributed by atoms with Gasteiger partial charge in [0.05, 0.1) is 19.8 Å². The van der Waals surface area contributed by atoms with Crippen molar-refractivity contribution in [3.05, 3.63) is 42.5 Å². The van der Waals surface area contributed by atoms with Crippen LogP contribution in [0.1, 0.15) is 37.3 Å². The molecule has 2 unspecified atom stereocenters. The van der Waals surface area contributed by atoms with Gasteiger partial charge in [-0.25, -0.2) is 8.42 Å². The van der Waals surface area contributed by atoms with Crippen LogP contribution in [0.5, 0.6) is 5.75 Å². The Morgan fingerprint density at radius 3 is 2.54 bits per heavy atom. The molecular formula is C19H28N2O4S. The maximum absolute atomic E-state index is 13.5. The second-order valence-electron chi connectivity index (χ2n) is 6.94. The van der Waals surface area contributed by atoms with Crippen LogP contribution in [0.15, 0.2) is 36.9 Å². The van der Waals surface area contributed by atoms with Crippen LogP contribution in [0.25, 0.3) is 0 Å². The topological polar surface area (TPSA) is 59.1 Å². The highest BCUT2D eigenvalue weighted by atomic mass is 32.2. The molecule has 2 aliphatic rings. The smallest absolute Gasteiger partial charge is 0.221 e. The minimum absolute atomic E-state index is 0.0698. The Kier molecular flexibility index (Phi) is 6.02. The highest BCUT2D eigenvalue weighted by Crippen LogP contribution is 2.37. The Labute approximate surface area is 156 Å². The summed E-state index contributed by atoms with van der Waals surface area (Å²) in [6.45, 7) is 4.27. The summed E-state index contributed by atoms with van der Waals surface area (Å²) in [5.74, 6) is 0.744. The molecule has 26 heavy (non-hydrogen) atoms. The molecule has 3 rings (SSSR count). The van der Waals surface area contributed by atoms with E-state index in [1.807, 2.05) is 24.3 Å². The number of sulfonamides is 1. The van der Waals surface area contributed by atoms with Crippen LogP contribution >= 0.6 is 0 Å². The zero-order valence-electron chi connectivity index (χ0n) is 15.5. The maximum atomic E-state index is 13.5. The van der Waals surface area contributed by atoms with Crippen molar-refractivity contribution in [2.75, 3.05) is 27.3 Å². The SMILES string of the molecule is C=CCN(C1CCCC1)S(=O)(=O)C1CON(C)C1c1ccc(OC)cc1. The first-order valence-electron chi connectivity index (χ1n) is 9.10. The summed E-state index contributed by atoms with van der Waals surface area (Å²) < 4.78 is 33.9. The maximum Gasteiger partial charge on any atom is 0.221 e. The zero-order chi connectivity index (χ0) is 18.7. The van der Waals surface area contributed by atoms with Gasteiger partial charge >= 0.3 is 0 Å². The Morgan fingerprint density at radius 1 is 1.31 bits per heavy atom. The van der Waals surface area contributed by atoms with Gasteiger partial charge in [0.2, 0.25) is 10.0 Å². The quantitative estimate of drug-likeness (QED) is 0.681. The third-order valence-electron chi connectivity index (χ3n) is 5.39. The molecule has 0 N–H and O–H groups in total. The van der Waals surface area contributed by atoms with Gasteiger partial charge in [-0.1, -0.05) is 31.1 Å². The molecule has 1 aliphatic carbocycles. The third kappa shape index (κ3) is 3.67. The predicted octanol–water partition coefficient (Wildman–Crippen LogP) is 2.74. The Bertz CT molecular complexity index is 714. The summed E-state index contributed by atoms with van der Waals surface area (Å²) >= 11 is 0. The van der Waals surface area contributed by atoms with Crippen LogP contribution < -0.4 is 4.74 Å². The molecule has 0 aromatic heterocycles. The molecule has 2 atom stereocenters. The van der Waals surface area contributed by atoms with Crippen LogP contribution in [-0.4, -0.2) is 56.4 Å². The lowest BCUT2D eigenvalue weighted by Gasteiger charge is -2.32. The van der Waals surface area contributed by atoms with Crippen LogP contribution in [0.2, 0.25) is 0 Å². The molecule has 1 aromatic rings. The van der Waals surface area contributed by atoms with Crippen molar-refractivity contribution in [2.24, 2.45) is 0 Å². The summed E-state index contributed by atoms with van der Waals surface area (Å²) in [5, 5.41) is 1.02. The van der Waals surface area contributed by atoms with Gasteiger partial charge in [0.1, 0.15) is 11.0 Å². The van der Waals surface area contributed by atoms with E-state index in [2.05, 4.69) is 6.58 Å². The second-order valence-corrected chi connectivity index (χ2v) is 9.04. The number of ether oxygens (including phenoxy) is 1. The molecule has 0 amide bonds. The fourth-order valence-electron chi connectivity index (χ4n) is 4.03. The molecular weight excluding hydrogens is 352 g/mol. The van der Waals surface area contributed by atoms with Gasteiger partial charge in [-0.05, 0) is 30.5 Å². The highest BCUT2D eigenvalue weighted by Gasteiger charge is 2.47. The number of hydroxylamine groups is 2. The summed E-state index contributed by atoms with van der Waals surface area (Å²) in [6, 6.07) is 7.24. The van der Waals surface area contributed by atoms with E-state index in [-0.39, 0.29) is 18.7 Å². The lowest BCUT2D eigenvalue weighted by atomic mass is 10.0. The first-order valence-corrected chi connectivity index (χ1v) is 10.6. The van der Waals surface area contributed by atoms with E-state index >= 15 is 0 Å². The molecule has 1 saturated heterocycles. The molecule has 1 saturated carbocycles. The summed E-state index contributed by atoms with van der Waals surface area (Å²) in [5.41, 5.74) is 0.907. The number of rotatable bonds is 7. The highest BCUT2D eigenvalue weighted by molar-refractivity contribution is 7.89. The summed E-state index contributed by atoms with van der Waals surface area (Å²) in [7, 11) is -0.126. The summed E-state index contributed by atoms with van der Waals surface area (Å²) in [6.07, 6.45) is 5.68. The molecule has 0 bridgehead atoms. The number of benzene rings is 1. The van der Waals surface area contributed by atoms with Crippen LogP contribution in [0.4, 0.5) is 0 Å². The van der Waals surface area contributed by atoms with Crippen molar-refractivity contribution < 1.29 is 18.0 Å². The van der Waals surface area contributed by atoms with E-state index < -0.39 is 15.3 Å². The number of methoxy groups -OCH3 is 1. The van der Waals surface area contributed by atoms with Gasteiger partial charge < -0.3 is 4.74 Å². The van der Waals surface area contributed by atoms with Crippen molar-refractivity contribution in [1.82, 2.24) is 9.37 Å². The van der Waals surface area contributed by atoms with E-state index in [9.17, 15) is 8.42 Å². The molecule has 2 fully saturated rings. The standard InChI is InChI=1S/C19H28N2O4S/c1-4-13-21(16-7-5-6-8-16)26(22,23)18-14-25-20(2)19(18)15-9-11-17(24-3)12-10-15/h4,9-12,16,18-19H,1,5-8,13-14H2,2-3H3. The first kappa shape index (κ1) is 19.4.